The zero-order valence-corrected chi connectivity index (χ0v) is 14.7. The first-order valence-corrected chi connectivity index (χ1v) is 8.16. The Labute approximate surface area is 157 Å². The van der Waals surface area contributed by atoms with Crippen LogP contribution in [-0.2, 0) is 11.0 Å². The van der Waals surface area contributed by atoms with E-state index < -0.39 is 23.7 Å². The van der Waals surface area contributed by atoms with Crippen molar-refractivity contribution in [3.8, 4) is 11.4 Å². The van der Waals surface area contributed by atoms with Crippen LogP contribution in [-0.4, -0.2) is 26.1 Å². The molecule has 0 aliphatic heterocycles. The molecule has 3 rings (SSSR count). The molecule has 1 amide bonds. The first kappa shape index (κ1) is 18.8. The number of para-hydroxylation sites is 1. The number of tetrazole rings is 1. The minimum atomic E-state index is -4.58. The van der Waals surface area contributed by atoms with E-state index in [1.165, 1.54) is 25.1 Å². The Morgan fingerprint density at radius 3 is 2.48 bits per heavy atom. The molecule has 6 nitrogen and oxygen atoms in total. The van der Waals surface area contributed by atoms with Crippen LogP contribution in [0, 0.1) is 0 Å². The number of anilines is 1. The second kappa shape index (κ2) is 7.36. The van der Waals surface area contributed by atoms with E-state index in [2.05, 4.69) is 20.7 Å². The molecule has 3 aromatic rings. The van der Waals surface area contributed by atoms with Gasteiger partial charge in [0.2, 0.25) is 5.82 Å². The van der Waals surface area contributed by atoms with Crippen molar-refractivity contribution in [3.63, 3.8) is 0 Å². The van der Waals surface area contributed by atoms with Crippen molar-refractivity contribution in [2.75, 3.05) is 5.32 Å². The Morgan fingerprint density at radius 1 is 1.15 bits per heavy atom. The number of nitrogens with zero attached hydrogens (tertiary/aromatic N) is 4. The smallest absolute Gasteiger partial charge is 0.324 e. The molecule has 1 aromatic heterocycles. The van der Waals surface area contributed by atoms with Gasteiger partial charge in [0, 0.05) is 10.6 Å². The summed E-state index contributed by atoms with van der Waals surface area (Å²) in [5.74, 6) is -0.436. The average molecular weight is 396 g/mol. The van der Waals surface area contributed by atoms with Crippen molar-refractivity contribution in [2.45, 2.75) is 19.1 Å². The maximum absolute atomic E-state index is 13.0. The van der Waals surface area contributed by atoms with Gasteiger partial charge < -0.3 is 5.32 Å². The van der Waals surface area contributed by atoms with Gasteiger partial charge in [0.05, 0.1) is 11.3 Å². The van der Waals surface area contributed by atoms with Gasteiger partial charge in [0.25, 0.3) is 5.91 Å². The number of carbonyl (C=O) groups excluding carboxylic acids is 1. The fourth-order valence-electron chi connectivity index (χ4n) is 2.29. The van der Waals surface area contributed by atoms with Crippen LogP contribution in [0.15, 0.2) is 48.5 Å². The third-order valence-electron chi connectivity index (χ3n) is 3.75. The average Bonchev–Trinajstić information content (AvgIpc) is 3.11. The Morgan fingerprint density at radius 2 is 1.81 bits per heavy atom. The van der Waals surface area contributed by atoms with Gasteiger partial charge in [-0.25, -0.2) is 0 Å². The molecule has 0 bridgehead atoms. The lowest BCUT2D eigenvalue weighted by atomic mass is 10.1. The standard InChI is InChI=1S/C17H13ClF3N5O/c1-10(16(27)22-14-5-3-2-4-13(14)17(19,20)21)26-24-15(23-25-26)11-6-8-12(18)9-7-11/h2-10H,1H3,(H,22,27). The molecule has 0 fully saturated rings. The molecular formula is C17H13ClF3N5O. The minimum Gasteiger partial charge on any atom is -0.324 e. The third kappa shape index (κ3) is 4.25. The number of nitrogens with one attached hydrogen (secondary N) is 1. The van der Waals surface area contributed by atoms with Gasteiger partial charge >= 0.3 is 6.18 Å². The van der Waals surface area contributed by atoms with Crippen molar-refractivity contribution >= 4 is 23.2 Å². The summed E-state index contributed by atoms with van der Waals surface area (Å²) in [5.41, 5.74) is -0.625. The van der Waals surface area contributed by atoms with Crippen molar-refractivity contribution in [2.24, 2.45) is 0 Å². The lowest BCUT2D eigenvalue weighted by Gasteiger charge is -2.15. The summed E-state index contributed by atoms with van der Waals surface area (Å²) in [4.78, 5) is 13.4. The number of hydrogen-bond acceptors (Lipinski definition) is 4. The van der Waals surface area contributed by atoms with Crippen LogP contribution in [0.2, 0.25) is 5.02 Å². The highest BCUT2D eigenvalue weighted by Crippen LogP contribution is 2.34. The molecule has 0 radical (unpaired) electrons. The second-order valence-electron chi connectivity index (χ2n) is 5.65. The van der Waals surface area contributed by atoms with Crippen LogP contribution >= 0.6 is 11.6 Å². The molecule has 1 N–H and O–H groups in total. The molecule has 0 saturated carbocycles. The second-order valence-corrected chi connectivity index (χ2v) is 6.09. The number of benzene rings is 2. The fraction of sp³-hybridized carbons (Fsp3) is 0.176. The van der Waals surface area contributed by atoms with Gasteiger partial charge in [0.1, 0.15) is 6.04 Å². The van der Waals surface area contributed by atoms with Gasteiger partial charge in [-0.2, -0.15) is 18.0 Å². The largest absolute Gasteiger partial charge is 0.418 e. The highest BCUT2D eigenvalue weighted by atomic mass is 35.5. The molecule has 0 saturated heterocycles. The number of carbonyl (C=O) groups is 1. The minimum absolute atomic E-state index is 0.266. The highest BCUT2D eigenvalue weighted by Gasteiger charge is 2.34. The monoisotopic (exact) mass is 395 g/mol. The van der Waals surface area contributed by atoms with Crippen molar-refractivity contribution < 1.29 is 18.0 Å². The maximum atomic E-state index is 13.0. The lowest BCUT2D eigenvalue weighted by Crippen LogP contribution is -2.26. The van der Waals surface area contributed by atoms with E-state index in [9.17, 15) is 18.0 Å². The number of halogens is 4. The Hall–Kier alpha value is -2.94. The number of hydrogen-bond donors (Lipinski definition) is 1. The molecule has 1 heterocycles. The summed E-state index contributed by atoms with van der Waals surface area (Å²) in [5, 5.41) is 14.6. The topological polar surface area (TPSA) is 72.7 Å². The fourth-order valence-corrected chi connectivity index (χ4v) is 2.41. The zero-order chi connectivity index (χ0) is 19.6. The van der Waals surface area contributed by atoms with Crippen LogP contribution in [0.4, 0.5) is 18.9 Å². The lowest BCUT2D eigenvalue weighted by molar-refractivity contribution is -0.137. The SMILES string of the molecule is CC(C(=O)Nc1ccccc1C(F)(F)F)n1nnc(-c2ccc(Cl)cc2)n1. The van der Waals surface area contributed by atoms with Crippen molar-refractivity contribution in [3.05, 3.63) is 59.1 Å². The summed E-state index contributed by atoms with van der Waals surface area (Å²) in [6.45, 7) is 1.46. The van der Waals surface area contributed by atoms with Crippen molar-refractivity contribution in [1.82, 2.24) is 20.2 Å². The molecular weight excluding hydrogens is 383 g/mol. The number of amides is 1. The van der Waals surface area contributed by atoms with Gasteiger partial charge in [-0.15, -0.1) is 10.2 Å². The Bertz CT molecular complexity index is 956. The summed E-state index contributed by atoms with van der Waals surface area (Å²) >= 11 is 5.82. The van der Waals surface area contributed by atoms with E-state index in [1.807, 2.05) is 0 Å². The molecule has 2 aromatic carbocycles. The van der Waals surface area contributed by atoms with E-state index in [4.69, 9.17) is 11.6 Å². The van der Waals surface area contributed by atoms with Crippen LogP contribution < -0.4 is 5.32 Å². The Kier molecular flexibility index (Phi) is 5.13. The van der Waals surface area contributed by atoms with E-state index >= 15 is 0 Å². The molecule has 0 aliphatic rings. The van der Waals surface area contributed by atoms with E-state index in [0.717, 1.165) is 10.9 Å². The maximum Gasteiger partial charge on any atom is 0.418 e. The van der Waals surface area contributed by atoms with E-state index in [0.29, 0.717) is 10.6 Å². The summed E-state index contributed by atoms with van der Waals surface area (Å²) in [6.07, 6.45) is -4.58. The first-order valence-electron chi connectivity index (χ1n) is 7.78. The van der Waals surface area contributed by atoms with Gasteiger partial charge in [-0.05, 0) is 48.5 Å². The predicted molar refractivity (Wildman–Crippen MR) is 93.0 cm³/mol. The molecule has 0 spiro atoms. The number of rotatable bonds is 4. The zero-order valence-electron chi connectivity index (χ0n) is 13.9. The number of aromatic nitrogens is 4. The van der Waals surface area contributed by atoms with Crippen LogP contribution in [0.3, 0.4) is 0 Å². The summed E-state index contributed by atoms with van der Waals surface area (Å²) in [6, 6.07) is 10.4. The molecule has 1 atom stereocenters. The van der Waals surface area contributed by atoms with Crippen LogP contribution in [0.5, 0.6) is 0 Å². The van der Waals surface area contributed by atoms with Crippen molar-refractivity contribution in [1.29, 1.82) is 0 Å². The van der Waals surface area contributed by atoms with Crippen LogP contribution in [0.1, 0.15) is 18.5 Å². The number of alkyl halides is 3. The Balaban J connectivity index is 1.78. The third-order valence-corrected chi connectivity index (χ3v) is 4.00. The molecule has 10 heteroatoms. The van der Waals surface area contributed by atoms with Gasteiger partial charge in [-0.3, -0.25) is 4.79 Å². The summed E-state index contributed by atoms with van der Waals surface area (Å²) in [7, 11) is 0. The normalized spacial score (nSPS) is 12.6. The molecule has 0 aliphatic carbocycles. The first-order chi connectivity index (χ1) is 12.8. The predicted octanol–water partition coefficient (Wildman–Crippen LogP) is 4.21. The molecule has 27 heavy (non-hydrogen) atoms. The quantitative estimate of drug-likeness (QED) is 0.718. The van der Waals surface area contributed by atoms with Gasteiger partial charge in [-0.1, -0.05) is 23.7 Å². The van der Waals surface area contributed by atoms with Crippen LogP contribution in [0.25, 0.3) is 11.4 Å². The highest BCUT2D eigenvalue weighted by molar-refractivity contribution is 6.30. The van der Waals surface area contributed by atoms with E-state index in [1.54, 1.807) is 24.3 Å². The molecule has 1 unspecified atom stereocenters. The summed E-state index contributed by atoms with van der Waals surface area (Å²) < 4.78 is 39.1. The molecule has 140 valence electrons. The van der Waals surface area contributed by atoms with E-state index in [-0.39, 0.29) is 11.5 Å². The van der Waals surface area contributed by atoms with Gasteiger partial charge in [0.15, 0.2) is 0 Å².